The van der Waals surface area contributed by atoms with Gasteiger partial charge in [-0.3, -0.25) is 4.79 Å². The van der Waals surface area contributed by atoms with Gasteiger partial charge in [0.2, 0.25) is 0 Å². The molecule has 94 valence electrons. The quantitative estimate of drug-likeness (QED) is 0.876. The maximum absolute atomic E-state index is 11.0. The van der Waals surface area contributed by atoms with Crippen LogP contribution in [0.5, 0.6) is 5.75 Å². The molecule has 0 heterocycles. The lowest BCUT2D eigenvalue weighted by molar-refractivity contribution is -0.138. The Morgan fingerprint density at radius 1 is 1.35 bits per heavy atom. The van der Waals surface area contributed by atoms with Crippen LogP contribution < -0.4 is 0 Å². The van der Waals surface area contributed by atoms with E-state index < -0.39 is 11.9 Å². The summed E-state index contributed by atoms with van der Waals surface area (Å²) in [7, 11) is 0. The van der Waals surface area contributed by atoms with Crippen molar-refractivity contribution in [2.75, 3.05) is 0 Å². The van der Waals surface area contributed by atoms with Crippen LogP contribution in [0.1, 0.15) is 44.7 Å². The molecule has 0 aromatic heterocycles. The molecule has 1 aromatic carbocycles. The maximum atomic E-state index is 11.0. The molecule has 3 nitrogen and oxygen atoms in total. The van der Waals surface area contributed by atoms with E-state index in [1.165, 1.54) is 0 Å². The van der Waals surface area contributed by atoms with Crippen molar-refractivity contribution in [2.45, 2.75) is 39.0 Å². The van der Waals surface area contributed by atoms with E-state index in [1.807, 2.05) is 26.8 Å². The summed E-state index contributed by atoms with van der Waals surface area (Å²) >= 11 is 3.35. The summed E-state index contributed by atoms with van der Waals surface area (Å²) < 4.78 is 0.781. The van der Waals surface area contributed by atoms with Gasteiger partial charge in [0.15, 0.2) is 0 Å². The molecule has 0 radical (unpaired) electrons. The fourth-order valence-corrected chi connectivity index (χ4v) is 2.13. The predicted octanol–water partition coefficient (Wildman–Crippen LogP) is 3.64. The van der Waals surface area contributed by atoms with Gasteiger partial charge in [0.1, 0.15) is 5.75 Å². The van der Waals surface area contributed by atoms with E-state index in [9.17, 15) is 9.90 Å². The summed E-state index contributed by atoms with van der Waals surface area (Å²) in [6, 6.07) is 3.48. The topological polar surface area (TPSA) is 57.5 Å². The van der Waals surface area contributed by atoms with Crippen LogP contribution in [0.25, 0.3) is 0 Å². The minimum atomic E-state index is -0.946. The predicted molar refractivity (Wildman–Crippen MR) is 70.6 cm³/mol. The van der Waals surface area contributed by atoms with Crippen molar-refractivity contribution < 1.29 is 15.0 Å². The van der Waals surface area contributed by atoms with Crippen LogP contribution >= 0.6 is 15.9 Å². The fourth-order valence-electron chi connectivity index (χ4n) is 1.66. The second-order valence-electron chi connectivity index (χ2n) is 5.20. The first-order valence-electron chi connectivity index (χ1n) is 5.40. The normalized spacial score (nSPS) is 13.5. The molecule has 0 aliphatic rings. The molecule has 0 bridgehead atoms. The number of aliphatic carboxylic acids is 1. The molecule has 2 N–H and O–H groups in total. The molecule has 0 aliphatic heterocycles. The second-order valence-corrected chi connectivity index (χ2v) is 6.12. The number of rotatable bonds is 2. The zero-order valence-corrected chi connectivity index (χ0v) is 12.0. The number of carboxylic acid groups (broad SMARTS) is 1. The van der Waals surface area contributed by atoms with Crippen LogP contribution in [0.2, 0.25) is 0 Å². The molecule has 0 amide bonds. The molecular weight excluding hydrogens is 284 g/mol. The van der Waals surface area contributed by atoms with Crippen molar-refractivity contribution in [1.82, 2.24) is 0 Å². The van der Waals surface area contributed by atoms with Gasteiger partial charge in [-0.05, 0) is 24.5 Å². The Balaban J connectivity index is 3.44. The zero-order valence-electron chi connectivity index (χ0n) is 10.4. The number of hydrogen-bond donors (Lipinski definition) is 2. The maximum Gasteiger partial charge on any atom is 0.310 e. The Hall–Kier alpha value is -1.03. The molecule has 0 fully saturated rings. The van der Waals surface area contributed by atoms with Crippen LogP contribution in [-0.4, -0.2) is 16.2 Å². The number of phenols is 1. The van der Waals surface area contributed by atoms with Crippen molar-refractivity contribution in [2.24, 2.45) is 0 Å². The Kier molecular flexibility index (Phi) is 3.87. The van der Waals surface area contributed by atoms with E-state index >= 15 is 0 Å². The number of carboxylic acids is 1. The average Bonchev–Trinajstić information content (AvgIpc) is 2.18. The summed E-state index contributed by atoms with van der Waals surface area (Å²) in [6.07, 6.45) is 0. The molecule has 1 atom stereocenters. The van der Waals surface area contributed by atoms with Crippen LogP contribution in [0, 0.1) is 0 Å². The molecular formula is C13H17BrO3. The smallest absolute Gasteiger partial charge is 0.310 e. The number of benzene rings is 1. The number of aromatic hydroxyl groups is 1. The van der Waals surface area contributed by atoms with Crippen molar-refractivity contribution in [1.29, 1.82) is 0 Å². The van der Waals surface area contributed by atoms with E-state index in [0.29, 0.717) is 5.56 Å². The van der Waals surface area contributed by atoms with Crippen LogP contribution in [0.15, 0.2) is 16.6 Å². The van der Waals surface area contributed by atoms with Gasteiger partial charge < -0.3 is 10.2 Å². The lowest BCUT2D eigenvalue weighted by atomic mass is 9.83. The van der Waals surface area contributed by atoms with E-state index in [-0.39, 0.29) is 11.2 Å². The summed E-state index contributed by atoms with van der Waals surface area (Å²) in [5.74, 6) is -1.59. The highest BCUT2D eigenvalue weighted by molar-refractivity contribution is 9.10. The molecule has 1 unspecified atom stereocenters. The van der Waals surface area contributed by atoms with E-state index in [4.69, 9.17) is 5.11 Å². The molecule has 1 aromatic rings. The van der Waals surface area contributed by atoms with Crippen molar-refractivity contribution >= 4 is 21.9 Å². The molecule has 1 rings (SSSR count). The standard InChI is InChI=1S/C13H17BrO3/c1-7(12(16)17)9-5-8(14)6-10(11(9)15)13(2,3)4/h5-7,15H,1-4H3,(H,16,17). The molecule has 0 aliphatic carbocycles. The molecule has 4 heteroatoms. The van der Waals surface area contributed by atoms with Gasteiger partial charge >= 0.3 is 5.97 Å². The van der Waals surface area contributed by atoms with Gasteiger partial charge in [-0.2, -0.15) is 0 Å². The lowest BCUT2D eigenvalue weighted by Gasteiger charge is -2.23. The highest BCUT2D eigenvalue weighted by atomic mass is 79.9. The highest BCUT2D eigenvalue weighted by Gasteiger charge is 2.25. The Bertz CT molecular complexity index is 447. The lowest BCUT2D eigenvalue weighted by Crippen LogP contribution is -2.14. The van der Waals surface area contributed by atoms with Gasteiger partial charge in [0.05, 0.1) is 5.92 Å². The summed E-state index contributed by atoms with van der Waals surface area (Å²) in [5.41, 5.74) is 0.952. The monoisotopic (exact) mass is 300 g/mol. The summed E-state index contributed by atoms with van der Waals surface area (Å²) in [4.78, 5) is 11.0. The highest BCUT2D eigenvalue weighted by Crippen LogP contribution is 2.38. The Labute approximate surface area is 110 Å². The van der Waals surface area contributed by atoms with E-state index in [2.05, 4.69) is 15.9 Å². The van der Waals surface area contributed by atoms with Crippen LogP contribution in [-0.2, 0) is 10.2 Å². The van der Waals surface area contributed by atoms with Crippen LogP contribution in [0.3, 0.4) is 0 Å². The second kappa shape index (κ2) is 4.69. The number of phenolic OH excluding ortho intramolecular Hbond substituents is 1. The minimum Gasteiger partial charge on any atom is -0.507 e. The van der Waals surface area contributed by atoms with Crippen LogP contribution in [0.4, 0.5) is 0 Å². The van der Waals surface area contributed by atoms with Gasteiger partial charge in [0, 0.05) is 15.6 Å². The largest absolute Gasteiger partial charge is 0.507 e. The van der Waals surface area contributed by atoms with Gasteiger partial charge in [0.25, 0.3) is 0 Å². The Morgan fingerprint density at radius 2 is 1.88 bits per heavy atom. The summed E-state index contributed by atoms with van der Waals surface area (Å²) in [6.45, 7) is 7.49. The van der Waals surface area contributed by atoms with Gasteiger partial charge in [-0.1, -0.05) is 36.7 Å². The molecule has 17 heavy (non-hydrogen) atoms. The first-order valence-corrected chi connectivity index (χ1v) is 6.19. The number of carbonyl (C=O) groups is 1. The first kappa shape index (κ1) is 14.0. The zero-order chi connectivity index (χ0) is 13.4. The van der Waals surface area contributed by atoms with Crippen molar-refractivity contribution in [3.05, 3.63) is 27.7 Å². The molecule has 0 spiro atoms. The van der Waals surface area contributed by atoms with E-state index in [0.717, 1.165) is 10.0 Å². The number of halogens is 1. The molecule has 0 saturated heterocycles. The van der Waals surface area contributed by atoms with Crippen molar-refractivity contribution in [3.63, 3.8) is 0 Å². The SMILES string of the molecule is CC(C(=O)O)c1cc(Br)cc(C(C)(C)C)c1O. The van der Waals surface area contributed by atoms with Gasteiger partial charge in [-0.15, -0.1) is 0 Å². The third kappa shape index (κ3) is 3.00. The third-order valence-corrected chi connectivity index (χ3v) is 3.21. The van der Waals surface area contributed by atoms with Crippen molar-refractivity contribution in [3.8, 4) is 5.75 Å². The average molecular weight is 301 g/mol. The third-order valence-electron chi connectivity index (χ3n) is 2.75. The number of hydrogen-bond acceptors (Lipinski definition) is 2. The van der Waals surface area contributed by atoms with E-state index in [1.54, 1.807) is 13.0 Å². The Morgan fingerprint density at radius 3 is 2.29 bits per heavy atom. The first-order chi connectivity index (χ1) is 7.64. The molecule has 0 saturated carbocycles. The minimum absolute atomic E-state index is 0.0793. The van der Waals surface area contributed by atoms with Gasteiger partial charge in [-0.25, -0.2) is 0 Å². The fraction of sp³-hybridized carbons (Fsp3) is 0.462. The summed E-state index contributed by atoms with van der Waals surface area (Å²) in [5, 5.41) is 19.2.